The maximum absolute atomic E-state index is 12.5. The molecule has 1 N–H and O–H groups in total. The van der Waals surface area contributed by atoms with Crippen LogP contribution in [0.25, 0.3) is 10.6 Å². The molecule has 0 spiro atoms. The molecule has 31 heavy (non-hydrogen) atoms. The van der Waals surface area contributed by atoms with Crippen LogP contribution in [-0.4, -0.2) is 10.9 Å². The van der Waals surface area contributed by atoms with E-state index in [-0.39, 0.29) is 5.91 Å². The van der Waals surface area contributed by atoms with E-state index in [9.17, 15) is 4.79 Å². The molecule has 0 aliphatic carbocycles. The summed E-state index contributed by atoms with van der Waals surface area (Å²) in [6.45, 7) is 2.36. The van der Waals surface area contributed by atoms with Crippen LogP contribution in [0, 0.1) is 6.92 Å². The van der Waals surface area contributed by atoms with Gasteiger partial charge >= 0.3 is 0 Å². The van der Waals surface area contributed by atoms with Gasteiger partial charge < -0.3 is 10.1 Å². The minimum absolute atomic E-state index is 0.238. The van der Waals surface area contributed by atoms with Crippen LogP contribution in [-0.2, 0) is 6.61 Å². The van der Waals surface area contributed by atoms with Gasteiger partial charge in [-0.25, -0.2) is 4.98 Å². The average molecular weight is 469 g/mol. The number of carbonyl (C=O) groups is 1. The number of nitrogens with zero attached hydrogens (tertiary/aromatic N) is 1. The predicted molar refractivity (Wildman–Crippen MR) is 127 cm³/mol. The number of hydrogen-bond donors (Lipinski definition) is 1. The first kappa shape index (κ1) is 21.4. The SMILES string of the molecule is Cc1ccc(NC(=O)c2csc(-c3cccc(OCc4ccc(Cl)c(Cl)c4)c3)n2)cc1. The van der Waals surface area contributed by atoms with E-state index in [1.165, 1.54) is 11.3 Å². The van der Waals surface area contributed by atoms with Gasteiger partial charge in [-0.05, 0) is 48.9 Å². The normalized spacial score (nSPS) is 10.7. The minimum Gasteiger partial charge on any atom is -0.489 e. The molecule has 0 saturated heterocycles. The van der Waals surface area contributed by atoms with Crippen molar-refractivity contribution < 1.29 is 9.53 Å². The highest BCUT2D eigenvalue weighted by Gasteiger charge is 2.13. The Balaban J connectivity index is 1.44. The second kappa shape index (κ2) is 9.52. The van der Waals surface area contributed by atoms with Crippen molar-refractivity contribution in [1.82, 2.24) is 4.98 Å². The van der Waals surface area contributed by atoms with Crippen LogP contribution in [0.15, 0.2) is 72.1 Å². The third kappa shape index (κ3) is 5.44. The molecule has 1 heterocycles. The van der Waals surface area contributed by atoms with E-state index in [2.05, 4.69) is 10.3 Å². The highest BCUT2D eigenvalue weighted by atomic mass is 35.5. The minimum atomic E-state index is -0.238. The van der Waals surface area contributed by atoms with Crippen molar-refractivity contribution in [2.45, 2.75) is 13.5 Å². The lowest BCUT2D eigenvalue weighted by Crippen LogP contribution is -2.12. The third-order valence-corrected chi connectivity index (χ3v) is 6.15. The van der Waals surface area contributed by atoms with Gasteiger partial charge in [-0.3, -0.25) is 4.79 Å². The van der Waals surface area contributed by atoms with Gasteiger partial charge in [0, 0.05) is 16.6 Å². The van der Waals surface area contributed by atoms with Gasteiger partial charge in [-0.15, -0.1) is 11.3 Å². The summed E-state index contributed by atoms with van der Waals surface area (Å²) in [5.74, 6) is 0.461. The van der Waals surface area contributed by atoms with E-state index in [0.717, 1.165) is 27.4 Å². The Labute approximate surface area is 194 Å². The van der Waals surface area contributed by atoms with Crippen molar-refractivity contribution in [3.8, 4) is 16.3 Å². The van der Waals surface area contributed by atoms with Gasteiger partial charge in [0.05, 0.1) is 10.0 Å². The Bertz CT molecular complexity index is 1220. The van der Waals surface area contributed by atoms with E-state index in [1.807, 2.05) is 61.5 Å². The quantitative estimate of drug-likeness (QED) is 0.323. The molecule has 3 aromatic carbocycles. The van der Waals surface area contributed by atoms with Gasteiger partial charge in [0.15, 0.2) is 0 Å². The van der Waals surface area contributed by atoms with Crippen LogP contribution in [0.1, 0.15) is 21.6 Å². The Morgan fingerprint density at radius 1 is 1.03 bits per heavy atom. The van der Waals surface area contributed by atoms with E-state index in [4.69, 9.17) is 27.9 Å². The molecule has 0 saturated carbocycles. The van der Waals surface area contributed by atoms with Crippen LogP contribution >= 0.6 is 34.5 Å². The Kier molecular flexibility index (Phi) is 6.56. The predicted octanol–water partition coefficient (Wildman–Crippen LogP) is 7.26. The zero-order chi connectivity index (χ0) is 21.8. The zero-order valence-electron chi connectivity index (χ0n) is 16.6. The van der Waals surface area contributed by atoms with Crippen LogP contribution in [0.5, 0.6) is 5.75 Å². The molecule has 156 valence electrons. The first-order valence-corrected chi connectivity index (χ1v) is 11.1. The van der Waals surface area contributed by atoms with E-state index in [0.29, 0.717) is 28.1 Å². The number of thiazole rings is 1. The molecule has 7 heteroatoms. The Morgan fingerprint density at radius 3 is 2.61 bits per heavy atom. The topological polar surface area (TPSA) is 51.2 Å². The zero-order valence-corrected chi connectivity index (χ0v) is 18.9. The highest BCUT2D eigenvalue weighted by molar-refractivity contribution is 7.13. The van der Waals surface area contributed by atoms with E-state index in [1.54, 1.807) is 17.5 Å². The van der Waals surface area contributed by atoms with Crippen molar-refractivity contribution in [3.63, 3.8) is 0 Å². The Morgan fingerprint density at radius 2 is 1.84 bits per heavy atom. The number of rotatable bonds is 6. The molecule has 4 aromatic rings. The molecular weight excluding hydrogens is 451 g/mol. The monoisotopic (exact) mass is 468 g/mol. The molecule has 0 aliphatic heterocycles. The lowest BCUT2D eigenvalue weighted by molar-refractivity contribution is 0.102. The van der Waals surface area contributed by atoms with E-state index < -0.39 is 0 Å². The molecule has 1 amide bonds. The molecular formula is C24H18Cl2N2O2S. The molecule has 0 bridgehead atoms. The highest BCUT2D eigenvalue weighted by Crippen LogP contribution is 2.28. The molecule has 1 aromatic heterocycles. The summed E-state index contributed by atoms with van der Waals surface area (Å²) in [5, 5.41) is 6.37. The maximum Gasteiger partial charge on any atom is 0.275 e. The largest absolute Gasteiger partial charge is 0.489 e. The summed E-state index contributed by atoms with van der Waals surface area (Å²) >= 11 is 13.4. The number of anilines is 1. The summed E-state index contributed by atoms with van der Waals surface area (Å²) < 4.78 is 5.89. The molecule has 4 rings (SSSR count). The van der Waals surface area contributed by atoms with E-state index >= 15 is 0 Å². The fraction of sp³-hybridized carbons (Fsp3) is 0.0833. The number of benzene rings is 3. The first-order chi connectivity index (χ1) is 15.0. The standard InChI is InChI=1S/C24H18Cl2N2O2S/c1-15-5-8-18(9-6-15)27-23(29)22-14-31-24(28-22)17-3-2-4-19(12-17)30-13-16-7-10-20(25)21(26)11-16/h2-12,14H,13H2,1H3,(H,27,29). The summed E-state index contributed by atoms with van der Waals surface area (Å²) in [7, 11) is 0. The first-order valence-electron chi connectivity index (χ1n) is 9.48. The van der Waals surface area contributed by atoms with Crippen LogP contribution < -0.4 is 10.1 Å². The van der Waals surface area contributed by atoms with Gasteiger partial charge in [-0.2, -0.15) is 0 Å². The Hall–Kier alpha value is -2.86. The molecule has 0 aliphatic rings. The molecule has 0 radical (unpaired) electrons. The maximum atomic E-state index is 12.5. The van der Waals surface area contributed by atoms with Gasteiger partial charge in [0.25, 0.3) is 5.91 Å². The van der Waals surface area contributed by atoms with Gasteiger partial charge in [-0.1, -0.05) is 59.1 Å². The van der Waals surface area contributed by atoms with Crippen molar-refractivity contribution >= 4 is 46.1 Å². The number of aryl methyl sites for hydroxylation is 1. The number of halogens is 2. The second-order valence-corrected chi connectivity index (χ2v) is 8.60. The van der Waals surface area contributed by atoms with Crippen LogP contribution in [0.3, 0.4) is 0 Å². The molecule has 4 nitrogen and oxygen atoms in total. The fourth-order valence-electron chi connectivity index (χ4n) is 2.86. The summed E-state index contributed by atoms with van der Waals surface area (Å²) in [6, 6.07) is 20.7. The summed E-state index contributed by atoms with van der Waals surface area (Å²) in [5.41, 5.74) is 4.05. The summed E-state index contributed by atoms with van der Waals surface area (Å²) in [4.78, 5) is 17.0. The third-order valence-electron chi connectivity index (χ3n) is 4.52. The lowest BCUT2D eigenvalue weighted by atomic mass is 10.2. The van der Waals surface area contributed by atoms with Gasteiger partial charge in [0.2, 0.25) is 0 Å². The smallest absolute Gasteiger partial charge is 0.275 e. The van der Waals surface area contributed by atoms with Crippen molar-refractivity contribution in [1.29, 1.82) is 0 Å². The number of ether oxygens (including phenoxy) is 1. The summed E-state index contributed by atoms with van der Waals surface area (Å²) in [6.07, 6.45) is 0. The van der Waals surface area contributed by atoms with Crippen LogP contribution in [0.2, 0.25) is 10.0 Å². The number of aromatic nitrogens is 1. The number of nitrogens with one attached hydrogen (secondary N) is 1. The number of carbonyl (C=O) groups excluding carboxylic acids is 1. The van der Waals surface area contributed by atoms with Crippen LogP contribution in [0.4, 0.5) is 5.69 Å². The molecule has 0 atom stereocenters. The van der Waals surface area contributed by atoms with Crippen molar-refractivity contribution in [2.24, 2.45) is 0 Å². The van der Waals surface area contributed by atoms with Gasteiger partial charge in [0.1, 0.15) is 23.1 Å². The van der Waals surface area contributed by atoms with Crippen molar-refractivity contribution in [3.05, 3.63) is 99.0 Å². The molecule has 0 fully saturated rings. The average Bonchev–Trinajstić information content (AvgIpc) is 3.27. The fourth-order valence-corrected chi connectivity index (χ4v) is 3.98. The second-order valence-electron chi connectivity index (χ2n) is 6.92. The van der Waals surface area contributed by atoms with Crippen molar-refractivity contribution in [2.75, 3.05) is 5.32 Å². The number of amides is 1. The molecule has 0 unspecified atom stereocenters. The lowest BCUT2D eigenvalue weighted by Gasteiger charge is -2.08. The number of hydrogen-bond acceptors (Lipinski definition) is 4.